The van der Waals surface area contributed by atoms with Gasteiger partial charge in [-0.05, 0) is 36.4 Å². The summed E-state index contributed by atoms with van der Waals surface area (Å²) >= 11 is 9.26. The third-order valence-corrected chi connectivity index (χ3v) is 7.48. The van der Waals surface area contributed by atoms with Gasteiger partial charge in [0, 0.05) is 35.7 Å². The van der Waals surface area contributed by atoms with Crippen molar-refractivity contribution in [1.82, 2.24) is 19.2 Å². The number of hydrogen-bond acceptors (Lipinski definition) is 5. The van der Waals surface area contributed by atoms with Gasteiger partial charge in [0.25, 0.3) is 5.56 Å². The Morgan fingerprint density at radius 2 is 1.86 bits per heavy atom. The van der Waals surface area contributed by atoms with E-state index in [1.54, 1.807) is 42.5 Å². The van der Waals surface area contributed by atoms with E-state index in [4.69, 9.17) is 11.6 Å². The Kier molecular flexibility index (Phi) is 5.76. The maximum absolute atomic E-state index is 12.8. The molecule has 1 aliphatic heterocycles. The highest BCUT2D eigenvalue weighted by Gasteiger charge is 2.28. The quantitative estimate of drug-likeness (QED) is 0.599. The number of hydrogen-bond donors (Lipinski definition) is 1. The number of halogens is 2. The van der Waals surface area contributed by atoms with Gasteiger partial charge < -0.3 is 4.98 Å². The molecule has 1 aromatic heterocycles. The van der Waals surface area contributed by atoms with E-state index >= 15 is 0 Å². The normalized spacial score (nSPS) is 16.3. The maximum Gasteiger partial charge on any atom is 0.258 e. The predicted octanol–water partition coefficient (Wildman–Crippen LogP) is 2.85. The lowest BCUT2D eigenvalue weighted by Crippen LogP contribution is -2.48. The smallest absolute Gasteiger partial charge is 0.258 e. The summed E-state index contributed by atoms with van der Waals surface area (Å²) in [6.45, 7) is 2.30. The first-order valence-electron chi connectivity index (χ1n) is 8.99. The van der Waals surface area contributed by atoms with Gasteiger partial charge in [-0.15, -0.1) is 0 Å². The van der Waals surface area contributed by atoms with Crippen molar-refractivity contribution in [3.8, 4) is 0 Å². The SMILES string of the molecule is O=c1[nH]c(CN2CCN(S(=O)(=O)c3cccc(Br)c3)CC2)nc2ccc(Cl)cc12. The van der Waals surface area contributed by atoms with Crippen LogP contribution in [-0.4, -0.2) is 53.8 Å². The number of aromatic nitrogens is 2. The number of H-pyrrole nitrogens is 1. The summed E-state index contributed by atoms with van der Waals surface area (Å²) in [5.74, 6) is 0.549. The van der Waals surface area contributed by atoms with Crippen molar-refractivity contribution in [2.75, 3.05) is 26.2 Å². The average molecular weight is 498 g/mol. The fraction of sp³-hybridized carbons (Fsp3) is 0.263. The molecule has 0 amide bonds. The summed E-state index contributed by atoms with van der Waals surface area (Å²) in [4.78, 5) is 21.9. The van der Waals surface area contributed by atoms with Crippen LogP contribution in [0.25, 0.3) is 10.9 Å². The van der Waals surface area contributed by atoms with Crippen LogP contribution in [0.4, 0.5) is 0 Å². The van der Waals surface area contributed by atoms with Crippen molar-refractivity contribution < 1.29 is 8.42 Å². The molecule has 0 spiro atoms. The second kappa shape index (κ2) is 8.16. The number of piperazine rings is 1. The average Bonchev–Trinajstić information content (AvgIpc) is 2.69. The number of fused-ring (bicyclic) bond motifs is 1. The second-order valence-corrected chi connectivity index (χ2v) is 10.1. The highest BCUT2D eigenvalue weighted by atomic mass is 79.9. The molecule has 29 heavy (non-hydrogen) atoms. The van der Waals surface area contributed by atoms with Crippen LogP contribution in [0, 0.1) is 0 Å². The Hall–Kier alpha value is -1.78. The molecule has 1 aliphatic rings. The number of nitrogens with zero attached hydrogens (tertiary/aromatic N) is 3. The lowest BCUT2D eigenvalue weighted by molar-refractivity contribution is 0.178. The zero-order valence-corrected chi connectivity index (χ0v) is 18.5. The Balaban J connectivity index is 1.46. The molecule has 0 unspecified atom stereocenters. The Morgan fingerprint density at radius 3 is 2.59 bits per heavy atom. The molecule has 152 valence electrons. The molecule has 1 saturated heterocycles. The van der Waals surface area contributed by atoms with E-state index in [1.807, 2.05) is 0 Å². The van der Waals surface area contributed by atoms with E-state index in [2.05, 4.69) is 30.8 Å². The van der Waals surface area contributed by atoms with E-state index in [0.717, 1.165) is 4.47 Å². The maximum atomic E-state index is 12.8. The van der Waals surface area contributed by atoms with Crippen LogP contribution < -0.4 is 5.56 Å². The summed E-state index contributed by atoms with van der Waals surface area (Å²) in [5, 5.41) is 0.937. The van der Waals surface area contributed by atoms with Crippen LogP contribution in [0.2, 0.25) is 5.02 Å². The van der Waals surface area contributed by atoms with Gasteiger partial charge in [-0.2, -0.15) is 4.31 Å². The molecular weight excluding hydrogens is 480 g/mol. The molecule has 4 rings (SSSR count). The molecule has 3 aromatic rings. The van der Waals surface area contributed by atoms with Gasteiger partial charge in [0.05, 0.1) is 22.3 Å². The van der Waals surface area contributed by atoms with Gasteiger partial charge in [-0.1, -0.05) is 33.6 Å². The zero-order chi connectivity index (χ0) is 20.6. The number of aromatic amines is 1. The lowest BCUT2D eigenvalue weighted by Gasteiger charge is -2.33. The third kappa shape index (κ3) is 4.39. The number of rotatable bonds is 4. The monoisotopic (exact) mass is 496 g/mol. The van der Waals surface area contributed by atoms with Crippen molar-refractivity contribution in [3.05, 3.63) is 68.1 Å². The first-order valence-corrected chi connectivity index (χ1v) is 11.6. The minimum atomic E-state index is -3.53. The minimum Gasteiger partial charge on any atom is -0.309 e. The van der Waals surface area contributed by atoms with E-state index in [0.29, 0.717) is 54.5 Å². The molecule has 0 atom stereocenters. The van der Waals surface area contributed by atoms with E-state index in [9.17, 15) is 13.2 Å². The first-order chi connectivity index (χ1) is 13.8. The zero-order valence-electron chi connectivity index (χ0n) is 15.3. The molecule has 1 fully saturated rings. The summed E-state index contributed by atoms with van der Waals surface area (Å²) < 4.78 is 27.9. The van der Waals surface area contributed by atoms with Crippen LogP contribution >= 0.6 is 27.5 Å². The summed E-state index contributed by atoms with van der Waals surface area (Å²) in [6, 6.07) is 11.7. The van der Waals surface area contributed by atoms with E-state index in [1.165, 1.54) is 4.31 Å². The molecule has 10 heteroatoms. The van der Waals surface area contributed by atoms with Crippen LogP contribution in [0.15, 0.2) is 56.6 Å². The molecule has 0 radical (unpaired) electrons. The molecule has 0 saturated carbocycles. The largest absolute Gasteiger partial charge is 0.309 e. The lowest BCUT2D eigenvalue weighted by atomic mass is 10.2. The highest BCUT2D eigenvalue weighted by molar-refractivity contribution is 9.10. The molecule has 7 nitrogen and oxygen atoms in total. The van der Waals surface area contributed by atoms with Crippen LogP contribution in [0.5, 0.6) is 0 Å². The summed E-state index contributed by atoms with van der Waals surface area (Å²) in [6.07, 6.45) is 0. The van der Waals surface area contributed by atoms with Gasteiger partial charge in [0.2, 0.25) is 10.0 Å². The molecular formula is C19H18BrClN4O3S. The Bertz CT molecular complexity index is 1220. The molecule has 2 aromatic carbocycles. The van der Waals surface area contributed by atoms with Gasteiger partial charge in [0.1, 0.15) is 5.82 Å². The molecule has 0 aliphatic carbocycles. The number of benzene rings is 2. The van der Waals surface area contributed by atoms with Crippen molar-refractivity contribution in [2.24, 2.45) is 0 Å². The van der Waals surface area contributed by atoms with Gasteiger partial charge >= 0.3 is 0 Å². The van der Waals surface area contributed by atoms with Gasteiger partial charge in [0.15, 0.2) is 0 Å². The fourth-order valence-corrected chi connectivity index (χ4v) is 5.54. The Morgan fingerprint density at radius 1 is 1.10 bits per heavy atom. The highest BCUT2D eigenvalue weighted by Crippen LogP contribution is 2.21. The first kappa shape index (κ1) is 20.5. The van der Waals surface area contributed by atoms with Crippen molar-refractivity contribution in [2.45, 2.75) is 11.4 Å². The number of sulfonamides is 1. The van der Waals surface area contributed by atoms with Crippen LogP contribution in [-0.2, 0) is 16.6 Å². The van der Waals surface area contributed by atoms with Gasteiger partial charge in [-0.3, -0.25) is 9.69 Å². The minimum absolute atomic E-state index is 0.233. The van der Waals surface area contributed by atoms with Crippen LogP contribution in [0.1, 0.15) is 5.82 Å². The number of nitrogens with one attached hydrogen (secondary N) is 1. The molecule has 1 N–H and O–H groups in total. The molecule has 0 bridgehead atoms. The van der Waals surface area contributed by atoms with Crippen LogP contribution in [0.3, 0.4) is 0 Å². The van der Waals surface area contributed by atoms with E-state index < -0.39 is 10.0 Å². The molecule has 2 heterocycles. The van der Waals surface area contributed by atoms with E-state index in [-0.39, 0.29) is 10.5 Å². The standard InChI is InChI=1S/C19H18BrClN4O3S/c20-13-2-1-3-15(10-13)29(27,28)25-8-6-24(7-9-25)12-18-22-17-5-4-14(21)11-16(17)19(26)23-18/h1-5,10-11H,6-9,12H2,(H,22,23,26). The van der Waals surface area contributed by atoms with Crippen molar-refractivity contribution in [1.29, 1.82) is 0 Å². The van der Waals surface area contributed by atoms with Gasteiger partial charge in [-0.25, -0.2) is 13.4 Å². The van der Waals surface area contributed by atoms with Crippen molar-refractivity contribution in [3.63, 3.8) is 0 Å². The predicted molar refractivity (Wildman–Crippen MR) is 116 cm³/mol. The summed E-state index contributed by atoms with van der Waals surface area (Å²) in [7, 11) is -3.53. The fourth-order valence-electron chi connectivity index (χ4n) is 3.35. The summed E-state index contributed by atoms with van der Waals surface area (Å²) in [5.41, 5.74) is 0.354. The topological polar surface area (TPSA) is 86.4 Å². The Labute approximate surface area is 181 Å². The van der Waals surface area contributed by atoms with Crippen molar-refractivity contribution >= 4 is 48.5 Å². The second-order valence-electron chi connectivity index (χ2n) is 6.81. The third-order valence-electron chi connectivity index (χ3n) is 4.85.